The highest BCUT2D eigenvalue weighted by Gasteiger charge is 2.29. The monoisotopic (exact) mass is 439 g/mol. The fraction of sp³-hybridized carbons (Fsp3) is 0.259. The lowest BCUT2D eigenvalue weighted by molar-refractivity contribution is -0.124. The summed E-state index contributed by atoms with van der Waals surface area (Å²) in [5.74, 6) is -0.631. The van der Waals surface area contributed by atoms with Crippen molar-refractivity contribution in [3.05, 3.63) is 77.0 Å². The van der Waals surface area contributed by atoms with Crippen LogP contribution in [0.5, 0.6) is 0 Å². The van der Waals surface area contributed by atoms with E-state index < -0.39 is 18.5 Å². The summed E-state index contributed by atoms with van der Waals surface area (Å²) < 4.78 is 5.40. The standard InChI is InChI=1S/C27H25N3O3/c1-18-14-20(16-19-8-3-2-4-9-19)26-22(15-18)25(21-10-5-6-11-23(21)30-26)27(32)33-17-24(31)29-13-7-12-28/h2-6,8-11,16,18H,7,13-15,17H2,1H3,(H,29,31)/b20-16-/t18-/m1/s1. The topological polar surface area (TPSA) is 92.1 Å². The zero-order valence-corrected chi connectivity index (χ0v) is 18.5. The first-order valence-corrected chi connectivity index (χ1v) is 11.0. The maximum absolute atomic E-state index is 13.2. The van der Waals surface area contributed by atoms with Gasteiger partial charge >= 0.3 is 5.97 Å². The molecule has 0 unspecified atom stereocenters. The van der Waals surface area contributed by atoms with Gasteiger partial charge in [0.25, 0.3) is 5.91 Å². The third-order valence-corrected chi connectivity index (χ3v) is 5.66. The predicted molar refractivity (Wildman–Crippen MR) is 127 cm³/mol. The van der Waals surface area contributed by atoms with Crippen molar-refractivity contribution < 1.29 is 14.3 Å². The van der Waals surface area contributed by atoms with Crippen molar-refractivity contribution >= 4 is 34.4 Å². The van der Waals surface area contributed by atoms with E-state index in [-0.39, 0.29) is 13.0 Å². The van der Waals surface area contributed by atoms with Gasteiger partial charge in [0.05, 0.1) is 29.3 Å². The molecule has 0 aliphatic heterocycles. The summed E-state index contributed by atoms with van der Waals surface area (Å²) in [6.07, 6.45) is 3.91. The minimum atomic E-state index is -0.534. The van der Waals surface area contributed by atoms with Gasteiger partial charge in [-0.25, -0.2) is 9.78 Å². The van der Waals surface area contributed by atoms with E-state index in [1.807, 2.05) is 60.7 Å². The van der Waals surface area contributed by atoms with Gasteiger partial charge in [-0.2, -0.15) is 5.26 Å². The molecule has 6 heteroatoms. The maximum Gasteiger partial charge on any atom is 0.339 e. The van der Waals surface area contributed by atoms with Gasteiger partial charge < -0.3 is 10.1 Å². The molecule has 0 bridgehead atoms. The van der Waals surface area contributed by atoms with E-state index >= 15 is 0 Å². The van der Waals surface area contributed by atoms with Gasteiger partial charge in [0, 0.05) is 11.9 Å². The first kappa shape index (κ1) is 22.2. The van der Waals surface area contributed by atoms with Crippen molar-refractivity contribution in [1.29, 1.82) is 5.26 Å². The Morgan fingerprint density at radius 1 is 1.15 bits per heavy atom. The number of ether oxygens (including phenoxy) is 1. The Hall–Kier alpha value is -3.98. The number of pyridine rings is 1. The molecule has 0 saturated heterocycles. The third kappa shape index (κ3) is 5.09. The van der Waals surface area contributed by atoms with E-state index in [0.717, 1.165) is 39.7 Å². The average Bonchev–Trinajstić information content (AvgIpc) is 2.82. The maximum atomic E-state index is 13.2. The third-order valence-electron chi connectivity index (χ3n) is 5.66. The van der Waals surface area contributed by atoms with Gasteiger partial charge in [-0.1, -0.05) is 55.5 Å². The first-order chi connectivity index (χ1) is 16.1. The van der Waals surface area contributed by atoms with Gasteiger partial charge in [-0.05, 0) is 47.6 Å². The number of esters is 1. The van der Waals surface area contributed by atoms with Crippen LogP contribution in [0, 0.1) is 17.2 Å². The molecule has 166 valence electrons. The molecule has 1 amide bonds. The molecular formula is C27H25N3O3. The number of carbonyl (C=O) groups excluding carboxylic acids is 2. The zero-order valence-electron chi connectivity index (χ0n) is 18.5. The molecule has 1 aliphatic carbocycles. The van der Waals surface area contributed by atoms with Crippen LogP contribution in [0.25, 0.3) is 22.6 Å². The normalized spacial score (nSPS) is 16.1. The van der Waals surface area contributed by atoms with Crippen molar-refractivity contribution in [3.63, 3.8) is 0 Å². The molecule has 3 aromatic rings. The highest BCUT2D eigenvalue weighted by Crippen LogP contribution is 2.38. The summed E-state index contributed by atoms with van der Waals surface area (Å²) >= 11 is 0. The van der Waals surface area contributed by atoms with Crippen molar-refractivity contribution in [2.45, 2.75) is 26.2 Å². The van der Waals surface area contributed by atoms with Crippen LogP contribution in [0.1, 0.15) is 46.9 Å². The Morgan fingerprint density at radius 2 is 1.91 bits per heavy atom. The number of nitrogens with zero attached hydrogens (tertiary/aromatic N) is 2. The predicted octanol–water partition coefficient (Wildman–Crippen LogP) is 4.54. The molecule has 2 aromatic carbocycles. The second-order valence-corrected chi connectivity index (χ2v) is 8.26. The van der Waals surface area contributed by atoms with E-state index in [1.54, 1.807) is 0 Å². The Bertz CT molecular complexity index is 1260. The Labute approximate surface area is 192 Å². The second kappa shape index (κ2) is 10.1. The van der Waals surface area contributed by atoms with Crippen LogP contribution in [-0.2, 0) is 16.0 Å². The molecule has 0 spiro atoms. The van der Waals surface area contributed by atoms with Crippen LogP contribution in [0.3, 0.4) is 0 Å². The Morgan fingerprint density at radius 3 is 2.70 bits per heavy atom. The highest BCUT2D eigenvalue weighted by molar-refractivity contribution is 6.07. The second-order valence-electron chi connectivity index (χ2n) is 8.26. The largest absolute Gasteiger partial charge is 0.452 e. The van der Waals surface area contributed by atoms with Crippen LogP contribution in [0.2, 0.25) is 0 Å². The molecule has 1 aliphatic rings. The number of rotatable bonds is 6. The highest BCUT2D eigenvalue weighted by atomic mass is 16.5. The number of nitriles is 1. The van der Waals surface area contributed by atoms with Gasteiger partial charge in [0.2, 0.25) is 0 Å². The number of nitrogens with one attached hydrogen (secondary N) is 1. The van der Waals surface area contributed by atoms with Crippen molar-refractivity contribution in [2.75, 3.05) is 13.2 Å². The number of aromatic nitrogens is 1. The number of fused-ring (bicyclic) bond motifs is 2. The summed E-state index contributed by atoms with van der Waals surface area (Å²) in [4.78, 5) is 30.2. The van der Waals surface area contributed by atoms with Crippen LogP contribution >= 0.6 is 0 Å². The lowest BCUT2D eigenvalue weighted by atomic mass is 9.80. The van der Waals surface area contributed by atoms with Crippen molar-refractivity contribution in [2.24, 2.45) is 5.92 Å². The quantitative estimate of drug-likeness (QED) is 0.450. The fourth-order valence-electron chi connectivity index (χ4n) is 4.23. The lowest BCUT2D eigenvalue weighted by Gasteiger charge is -2.26. The van der Waals surface area contributed by atoms with Gasteiger partial charge in [-0.3, -0.25) is 4.79 Å². The minimum absolute atomic E-state index is 0.205. The van der Waals surface area contributed by atoms with E-state index in [2.05, 4.69) is 18.3 Å². The first-order valence-electron chi connectivity index (χ1n) is 11.0. The molecule has 4 rings (SSSR count). The molecule has 1 N–H and O–H groups in total. The molecule has 0 saturated carbocycles. The van der Waals surface area contributed by atoms with E-state index in [1.165, 1.54) is 0 Å². The number of amides is 1. The fourth-order valence-corrected chi connectivity index (χ4v) is 4.23. The van der Waals surface area contributed by atoms with E-state index in [9.17, 15) is 9.59 Å². The van der Waals surface area contributed by atoms with Crippen molar-refractivity contribution in [1.82, 2.24) is 10.3 Å². The molecule has 0 fully saturated rings. The molecule has 0 radical (unpaired) electrons. The summed E-state index contributed by atoms with van der Waals surface area (Å²) in [5, 5.41) is 11.9. The van der Waals surface area contributed by atoms with E-state index in [0.29, 0.717) is 17.9 Å². The van der Waals surface area contributed by atoms with Gasteiger partial charge in [0.1, 0.15) is 0 Å². The number of carbonyl (C=O) groups is 2. The van der Waals surface area contributed by atoms with Crippen LogP contribution in [-0.4, -0.2) is 30.0 Å². The van der Waals surface area contributed by atoms with Crippen molar-refractivity contribution in [3.8, 4) is 6.07 Å². The Balaban J connectivity index is 1.73. The minimum Gasteiger partial charge on any atom is -0.452 e. The molecule has 6 nitrogen and oxygen atoms in total. The molecule has 33 heavy (non-hydrogen) atoms. The SMILES string of the molecule is C[C@@H]1C/C(=C/c2ccccc2)c2nc3ccccc3c(C(=O)OCC(=O)NCCC#N)c2C1. The lowest BCUT2D eigenvalue weighted by Crippen LogP contribution is -2.30. The zero-order chi connectivity index (χ0) is 23.2. The van der Waals surface area contributed by atoms with Crippen LogP contribution in [0.15, 0.2) is 54.6 Å². The molecule has 1 aromatic heterocycles. The number of hydrogen-bond donors (Lipinski definition) is 1. The summed E-state index contributed by atoms with van der Waals surface area (Å²) in [6.45, 7) is 2.00. The summed E-state index contributed by atoms with van der Waals surface area (Å²) in [6, 6.07) is 19.6. The molecular weight excluding hydrogens is 414 g/mol. The number of hydrogen-bond acceptors (Lipinski definition) is 5. The Kier molecular flexibility index (Phi) is 6.80. The van der Waals surface area contributed by atoms with E-state index in [4.69, 9.17) is 15.0 Å². The van der Waals surface area contributed by atoms with Crippen LogP contribution < -0.4 is 5.32 Å². The van der Waals surface area contributed by atoms with Crippen LogP contribution in [0.4, 0.5) is 0 Å². The number of para-hydroxylation sites is 1. The average molecular weight is 440 g/mol. The molecule has 1 heterocycles. The molecule has 1 atom stereocenters. The smallest absolute Gasteiger partial charge is 0.339 e. The van der Waals surface area contributed by atoms with Gasteiger partial charge in [-0.15, -0.1) is 0 Å². The number of allylic oxidation sites excluding steroid dienone is 1. The van der Waals surface area contributed by atoms with Gasteiger partial charge in [0.15, 0.2) is 6.61 Å². The summed E-state index contributed by atoms with van der Waals surface area (Å²) in [7, 11) is 0. The number of benzene rings is 2. The summed E-state index contributed by atoms with van der Waals surface area (Å²) in [5.41, 5.74) is 5.05.